The van der Waals surface area contributed by atoms with Crippen molar-refractivity contribution in [1.29, 1.82) is 0 Å². The number of amides is 2. The highest BCUT2D eigenvalue weighted by Crippen LogP contribution is 2.30. The highest BCUT2D eigenvalue weighted by atomic mass is 32.1. The Kier molecular flexibility index (Phi) is 5.56. The van der Waals surface area contributed by atoms with Crippen molar-refractivity contribution in [3.05, 3.63) is 40.1 Å². The molecule has 3 heterocycles. The third-order valence-electron chi connectivity index (χ3n) is 4.65. The first-order valence-electron chi connectivity index (χ1n) is 8.78. The van der Waals surface area contributed by atoms with Gasteiger partial charge in [0, 0.05) is 49.5 Å². The number of nitrogens with zero attached hydrogens (tertiary/aromatic N) is 3. The number of rotatable bonds is 5. The summed E-state index contributed by atoms with van der Waals surface area (Å²) in [5.41, 5.74) is 1.22. The lowest BCUT2D eigenvalue weighted by molar-refractivity contribution is 0.148. The number of aryl methyl sites for hydroxylation is 2. The summed E-state index contributed by atoms with van der Waals surface area (Å²) in [7, 11) is 2.05. The van der Waals surface area contributed by atoms with E-state index in [0.29, 0.717) is 6.54 Å². The van der Waals surface area contributed by atoms with Gasteiger partial charge in [-0.05, 0) is 37.8 Å². The van der Waals surface area contributed by atoms with Gasteiger partial charge in [0.1, 0.15) is 0 Å². The van der Waals surface area contributed by atoms with Crippen LogP contribution in [0.2, 0.25) is 0 Å². The Labute approximate surface area is 147 Å². The molecule has 2 amide bonds. The fraction of sp³-hybridized carbons (Fsp3) is 0.556. The van der Waals surface area contributed by atoms with Gasteiger partial charge in [0.2, 0.25) is 0 Å². The van der Waals surface area contributed by atoms with Crippen LogP contribution in [0.15, 0.2) is 24.5 Å². The van der Waals surface area contributed by atoms with E-state index >= 15 is 0 Å². The molecule has 5 nitrogen and oxygen atoms in total. The lowest BCUT2D eigenvalue weighted by atomic mass is 10.00. The molecular formula is C18H26N4OS. The number of likely N-dealkylation sites (tertiary alicyclic amines) is 1. The molecule has 0 unspecified atom stereocenters. The molecule has 6 heteroatoms. The molecule has 1 N–H and O–H groups in total. The summed E-state index contributed by atoms with van der Waals surface area (Å²) in [6.45, 7) is 3.61. The third kappa shape index (κ3) is 3.80. The molecule has 2 aromatic rings. The van der Waals surface area contributed by atoms with E-state index in [4.69, 9.17) is 0 Å². The van der Waals surface area contributed by atoms with Gasteiger partial charge in [0.25, 0.3) is 0 Å². The second-order valence-corrected chi connectivity index (χ2v) is 7.50. The molecule has 1 saturated heterocycles. The highest BCUT2D eigenvalue weighted by molar-refractivity contribution is 7.11. The van der Waals surface area contributed by atoms with Gasteiger partial charge in [-0.15, -0.1) is 11.3 Å². The van der Waals surface area contributed by atoms with Gasteiger partial charge in [-0.2, -0.15) is 0 Å². The minimum atomic E-state index is 0.0492. The Bertz CT molecular complexity index is 678. The van der Waals surface area contributed by atoms with Crippen molar-refractivity contribution in [2.75, 3.05) is 13.1 Å². The molecule has 0 aromatic carbocycles. The maximum Gasteiger partial charge on any atom is 0.317 e. The number of carbonyl (C=O) groups excluding carboxylic acids is 1. The van der Waals surface area contributed by atoms with E-state index in [2.05, 4.69) is 27.9 Å². The van der Waals surface area contributed by atoms with Gasteiger partial charge in [-0.25, -0.2) is 9.78 Å². The lowest BCUT2D eigenvalue weighted by Gasteiger charge is -2.36. The predicted molar refractivity (Wildman–Crippen MR) is 97.3 cm³/mol. The first kappa shape index (κ1) is 17.0. The van der Waals surface area contributed by atoms with Crippen molar-refractivity contribution in [3.63, 3.8) is 0 Å². The molecular weight excluding hydrogens is 320 g/mol. The van der Waals surface area contributed by atoms with Crippen LogP contribution in [-0.4, -0.2) is 33.6 Å². The smallest absolute Gasteiger partial charge is 0.317 e. The SMILES string of the molecule is CCc1cnc(CCNC(=O)N2CCCC[C@@H]2c2cccn2C)s1. The first-order valence-corrected chi connectivity index (χ1v) is 9.60. The predicted octanol–water partition coefficient (Wildman–Crippen LogP) is 3.52. The van der Waals surface area contributed by atoms with Crippen LogP contribution >= 0.6 is 11.3 Å². The number of urea groups is 1. The summed E-state index contributed by atoms with van der Waals surface area (Å²) in [6.07, 6.45) is 9.12. The zero-order valence-electron chi connectivity index (χ0n) is 14.5. The second-order valence-electron chi connectivity index (χ2n) is 6.30. The van der Waals surface area contributed by atoms with E-state index < -0.39 is 0 Å². The zero-order valence-corrected chi connectivity index (χ0v) is 15.3. The van der Waals surface area contributed by atoms with Crippen molar-refractivity contribution < 1.29 is 4.79 Å². The van der Waals surface area contributed by atoms with Crippen molar-refractivity contribution in [3.8, 4) is 0 Å². The Morgan fingerprint density at radius 1 is 1.46 bits per heavy atom. The van der Waals surface area contributed by atoms with Crippen molar-refractivity contribution >= 4 is 17.4 Å². The van der Waals surface area contributed by atoms with E-state index in [-0.39, 0.29) is 12.1 Å². The summed E-state index contributed by atoms with van der Waals surface area (Å²) in [6, 6.07) is 4.41. The maximum absolute atomic E-state index is 12.7. The average molecular weight is 346 g/mol. The van der Waals surface area contributed by atoms with Gasteiger partial charge < -0.3 is 14.8 Å². The van der Waals surface area contributed by atoms with E-state index in [9.17, 15) is 4.79 Å². The van der Waals surface area contributed by atoms with Gasteiger partial charge in [-0.3, -0.25) is 0 Å². The van der Waals surface area contributed by atoms with Crippen LogP contribution in [0.25, 0.3) is 0 Å². The molecule has 2 aromatic heterocycles. The Hall–Kier alpha value is -1.82. The number of aromatic nitrogens is 2. The standard InChI is InChI=1S/C18H26N4OS/c1-3-14-13-20-17(24-14)9-10-19-18(23)22-12-5-4-7-16(22)15-8-6-11-21(15)2/h6,8,11,13,16H,3-5,7,9-10,12H2,1-2H3,(H,19,23)/t16-/m1/s1. The average Bonchev–Trinajstić information content (AvgIpc) is 3.23. The normalized spacial score (nSPS) is 17.9. The molecule has 0 aliphatic carbocycles. The first-order chi connectivity index (χ1) is 11.7. The molecule has 0 bridgehead atoms. The van der Waals surface area contributed by atoms with E-state index in [0.717, 1.165) is 37.2 Å². The van der Waals surface area contributed by atoms with Crippen LogP contribution < -0.4 is 5.32 Å². The Morgan fingerprint density at radius 2 is 2.33 bits per heavy atom. The van der Waals surface area contributed by atoms with Crippen LogP contribution in [-0.2, 0) is 19.9 Å². The Morgan fingerprint density at radius 3 is 3.04 bits per heavy atom. The van der Waals surface area contributed by atoms with Crippen LogP contribution in [0.5, 0.6) is 0 Å². The van der Waals surface area contributed by atoms with Gasteiger partial charge in [-0.1, -0.05) is 6.92 Å². The van der Waals surface area contributed by atoms with E-state index in [1.165, 1.54) is 17.0 Å². The molecule has 130 valence electrons. The molecule has 0 radical (unpaired) electrons. The summed E-state index contributed by atoms with van der Waals surface area (Å²) >= 11 is 1.74. The second kappa shape index (κ2) is 7.83. The number of piperidine rings is 1. The molecule has 3 rings (SSSR count). The number of hydrogen-bond donors (Lipinski definition) is 1. The monoisotopic (exact) mass is 346 g/mol. The molecule has 24 heavy (non-hydrogen) atoms. The highest BCUT2D eigenvalue weighted by Gasteiger charge is 2.29. The fourth-order valence-electron chi connectivity index (χ4n) is 3.31. The van der Waals surface area contributed by atoms with Crippen molar-refractivity contribution in [1.82, 2.24) is 19.8 Å². The van der Waals surface area contributed by atoms with Gasteiger partial charge in [0.15, 0.2) is 0 Å². The summed E-state index contributed by atoms with van der Waals surface area (Å²) in [5, 5.41) is 4.19. The molecule has 1 fully saturated rings. The Balaban J connectivity index is 1.57. The zero-order chi connectivity index (χ0) is 16.9. The summed E-state index contributed by atoms with van der Waals surface area (Å²) < 4.78 is 2.12. The quantitative estimate of drug-likeness (QED) is 0.900. The van der Waals surface area contributed by atoms with E-state index in [1.54, 1.807) is 11.3 Å². The minimum Gasteiger partial charge on any atom is -0.353 e. The third-order valence-corrected chi connectivity index (χ3v) is 5.86. The molecule has 0 saturated carbocycles. The fourth-order valence-corrected chi connectivity index (χ4v) is 4.17. The van der Waals surface area contributed by atoms with Crippen LogP contribution in [0.4, 0.5) is 4.79 Å². The minimum absolute atomic E-state index is 0.0492. The number of hydrogen-bond acceptors (Lipinski definition) is 3. The van der Waals surface area contributed by atoms with Crippen LogP contribution in [0.3, 0.4) is 0 Å². The number of thiazole rings is 1. The van der Waals surface area contributed by atoms with Gasteiger partial charge >= 0.3 is 6.03 Å². The maximum atomic E-state index is 12.7. The number of nitrogens with one attached hydrogen (secondary N) is 1. The largest absolute Gasteiger partial charge is 0.353 e. The molecule has 0 spiro atoms. The van der Waals surface area contributed by atoms with Crippen LogP contribution in [0, 0.1) is 0 Å². The molecule has 1 aliphatic rings. The van der Waals surface area contributed by atoms with Crippen molar-refractivity contribution in [2.24, 2.45) is 7.05 Å². The van der Waals surface area contributed by atoms with Gasteiger partial charge in [0.05, 0.1) is 11.0 Å². The van der Waals surface area contributed by atoms with Crippen molar-refractivity contribution in [2.45, 2.75) is 45.1 Å². The topological polar surface area (TPSA) is 50.2 Å². The van der Waals surface area contributed by atoms with Crippen LogP contribution in [0.1, 0.15) is 47.8 Å². The molecule has 1 atom stereocenters. The van der Waals surface area contributed by atoms with E-state index in [1.807, 2.05) is 30.4 Å². The molecule has 1 aliphatic heterocycles. The number of carbonyl (C=O) groups is 1. The summed E-state index contributed by atoms with van der Waals surface area (Å²) in [5.74, 6) is 0. The lowest BCUT2D eigenvalue weighted by Crippen LogP contribution is -2.45. The summed E-state index contributed by atoms with van der Waals surface area (Å²) in [4.78, 5) is 20.4.